The van der Waals surface area contributed by atoms with Crippen LogP contribution in [0, 0.1) is 0 Å². The van der Waals surface area contributed by atoms with Gasteiger partial charge < -0.3 is 15.2 Å². The van der Waals surface area contributed by atoms with Gasteiger partial charge >= 0.3 is 0 Å². The Labute approximate surface area is 102 Å². The molecule has 3 rings (SSSR count). The number of benzene rings is 1. The highest BCUT2D eigenvalue weighted by Crippen LogP contribution is 2.46. The van der Waals surface area contributed by atoms with Crippen molar-refractivity contribution in [1.29, 1.82) is 0 Å². The van der Waals surface area contributed by atoms with E-state index in [0.717, 1.165) is 30.9 Å². The molecule has 0 amide bonds. The quantitative estimate of drug-likeness (QED) is 0.872. The molecule has 17 heavy (non-hydrogen) atoms. The van der Waals surface area contributed by atoms with Crippen molar-refractivity contribution in [2.45, 2.75) is 37.1 Å². The van der Waals surface area contributed by atoms with Gasteiger partial charge in [0.05, 0.1) is 13.7 Å². The molecule has 1 aliphatic heterocycles. The Hall–Kier alpha value is -1.22. The molecule has 3 nitrogen and oxygen atoms in total. The van der Waals surface area contributed by atoms with Gasteiger partial charge in [-0.25, -0.2) is 0 Å². The number of hydrogen-bond acceptors (Lipinski definition) is 3. The molecule has 0 radical (unpaired) electrons. The molecule has 0 bridgehead atoms. The molecule has 2 aliphatic rings. The van der Waals surface area contributed by atoms with E-state index < -0.39 is 0 Å². The third kappa shape index (κ3) is 2.12. The molecule has 0 saturated heterocycles. The monoisotopic (exact) mass is 233 g/mol. The molecule has 0 aromatic heterocycles. The molecule has 1 saturated carbocycles. The summed E-state index contributed by atoms with van der Waals surface area (Å²) in [7, 11) is 1.68. The number of ether oxygens (including phenoxy) is 2. The normalized spacial score (nSPS) is 24.7. The average Bonchev–Trinajstić information content (AvgIpc) is 3.06. The maximum absolute atomic E-state index is 6.23. The van der Waals surface area contributed by atoms with Crippen LogP contribution in [-0.2, 0) is 0 Å². The maximum atomic E-state index is 6.23. The van der Waals surface area contributed by atoms with Gasteiger partial charge in [-0.3, -0.25) is 0 Å². The molecule has 1 fully saturated rings. The Morgan fingerprint density at radius 3 is 3.00 bits per heavy atom. The van der Waals surface area contributed by atoms with Gasteiger partial charge in [-0.2, -0.15) is 0 Å². The van der Waals surface area contributed by atoms with Gasteiger partial charge in [-0.1, -0.05) is 6.07 Å². The third-order valence-corrected chi connectivity index (χ3v) is 3.93. The molecule has 2 N–H and O–H groups in total. The summed E-state index contributed by atoms with van der Waals surface area (Å²) < 4.78 is 10.9. The second-order valence-corrected chi connectivity index (χ2v) is 5.30. The smallest absolute Gasteiger partial charge is 0.126 e. The van der Waals surface area contributed by atoms with E-state index in [1.165, 1.54) is 18.4 Å². The first-order chi connectivity index (χ1) is 8.20. The summed E-state index contributed by atoms with van der Waals surface area (Å²) in [6, 6.07) is 6.12. The largest absolute Gasteiger partial charge is 0.497 e. The van der Waals surface area contributed by atoms with Gasteiger partial charge in [-0.05, 0) is 43.2 Å². The summed E-state index contributed by atoms with van der Waals surface area (Å²) in [6.45, 7) is 0.793. The lowest BCUT2D eigenvalue weighted by Crippen LogP contribution is -2.27. The fraction of sp³-hybridized carbons (Fsp3) is 0.571. The fourth-order valence-electron chi connectivity index (χ4n) is 2.64. The molecule has 3 heteroatoms. The molecule has 1 unspecified atom stereocenters. The predicted molar refractivity (Wildman–Crippen MR) is 66.6 cm³/mol. The van der Waals surface area contributed by atoms with Crippen molar-refractivity contribution in [3.63, 3.8) is 0 Å². The molecule has 1 heterocycles. The van der Waals surface area contributed by atoms with Crippen molar-refractivity contribution < 1.29 is 9.47 Å². The van der Waals surface area contributed by atoms with Crippen LogP contribution >= 0.6 is 0 Å². The van der Waals surface area contributed by atoms with E-state index in [9.17, 15) is 0 Å². The Morgan fingerprint density at radius 2 is 2.29 bits per heavy atom. The lowest BCUT2D eigenvalue weighted by molar-refractivity contribution is 0.255. The highest BCUT2D eigenvalue weighted by atomic mass is 16.5. The molecule has 1 atom stereocenters. The van der Waals surface area contributed by atoms with Gasteiger partial charge in [0, 0.05) is 11.6 Å². The van der Waals surface area contributed by atoms with E-state index in [0.29, 0.717) is 5.92 Å². The van der Waals surface area contributed by atoms with Crippen molar-refractivity contribution in [1.82, 2.24) is 0 Å². The lowest BCUT2D eigenvalue weighted by atomic mass is 9.86. The van der Waals surface area contributed by atoms with Crippen LogP contribution in [0.5, 0.6) is 11.5 Å². The summed E-state index contributed by atoms with van der Waals surface area (Å²) in [5.74, 6) is 2.39. The zero-order valence-electron chi connectivity index (χ0n) is 10.2. The van der Waals surface area contributed by atoms with Crippen molar-refractivity contribution in [3.05, 3.63) is 23.8 Å². The zero-order chi connectivity index (χ0) is 11.9. The molecular weight excluding hydrogens is 214 g/mol. The van der Waals surface area contributed by atoms with Crippen LogP contribution in [0.4, 0.5) is 0 Å². The zero-order valence-corrected chi connectivity index (χ0v) is 10.2. The maximum Gasteiger partial charge on any atom is 0.126 e. The van der Waals surface area contributed by atoms with Crippen LogP contribution in [0.25, 0.3) is 0 Å². The summed E-state index contributed by atoms with van der Waals surface area (Å²) in [5.41, 5.74) is 7.64. The SMILES string of the molecule is COc1ccc2c(c1)OCCC2CC1(N)CC1. The van der Waals surface area contributed by atoms with Crippen molar-refractivity contribution in [3.8, 4) is 11.5 Å². The third-order valence-electron chi connectivity index (χ3n) is 3.93. The second-order valence-electron chi connectivity index (χ2n) is 5.30. The summed E-state index contributed by atoms with van der Waals surface area (Å²) in [4.78, 5) is 0. The Kier molecular flexibility index (Phi) is 2.51. The molecule has 0 spiro atoms. The second kappa shape index (κ2) is 3.91. The van der Waals surface area contributed by atoms with Crippen LogP contribution in [0.3, 0.4) is 0 Å². The molecule has 1 aromatic rings. The highest BCUT2D eigenvalue weighted by molar-refractivity contribution is 5.44. The van der Waals surface area contributed by atoms with E-state index in [4.69, 9.17) is 15.2 Å². The van der Waals surface area contributed by atoms with E-state index in [1.807, 2.05) is 12.1 Å². The minimum absolute atomic E-state index is 0.110. The van der Waals surface area contributed by atoms with E-state index in [-0.39, 0.29) is 5.54 Å². The van der Waals surface area contributed by atoms with Gasteiger partial charge in [0.25, 0.3) is 0 Å². The first kappa shape index (κ1) is 10.9. The van der Waals surface area contributed by atoms with Crippen LogP contribution in [0.15, 0.2) is 18.2 Å². The van der Waals surface area contributed by atoms with Gasteiger partial charge in [-0.15, -0.1) is 0 Å². The summed E-state index contributed by atoms with van der Waals surface area (Å²) in [5, 5.41) is 0. The van der Waals surface area contributed by atoms with E-state index in [1.54, 1.807) is 7.11 Å². The standard InChI is InChI=1S/C14H19NO2/c1-16-11-2-3-12-10(9-14(15)5-6-14)4-7-17-13(12)8-11/h2-3,8,10H,4-7,9,15H2,1H3. The fourth-order valence-corrected chi connectivity index (χ4v) is 2.64. The number of rotatable bonds is 3. The van der Waals surface area contributed by atoms with Gasteiger partial charge in [0.2, 0.25) is 0 Å². The average molecular weight is 233 g/mol. The summed E-state index contributed by atoms with van der Waals surface area (Å²) in [6.07, 6.45) is 4.53. The van der Waals surface area contributed by atoms with Crippen molar-refractivity contribution in [2.24, 2.45) is 5.73 Å². The number of nitrogens with two attached hydrogens (primary N) is 1. The highest BCUT2D eigenvalue weighted by Gasteiger charge is 2.41. The van der Waals surface area contributed by atoms with Crippen molar-refractivity contribution >= 4 is 0 Å². The molecule has 92 valence electrons. The van der Waals surface area contributed by atoms with Gasteiger partial charge in [0.1, 0.15) is 11.5 Å². The molecule has 1 aliphatic carbocycles. The van der Waals surface area contributed by atoms with Crippen LogP contribution in [0.1, 0.15) is 37.2 Å². The first-order valence-electron chi connectivity index (χ1n) is 6.30. The Morgan fingerprint density at radius 1 is 1.47 bits per heavy atom. The molecule has 1 aromatic carbocycles. The van der Waals surface area contributed by atoms with Gasteiger partial charge in [0.15, 0.2) is 0 Å². The number of methoxy groups -OCH3 is 1. The number of fused-ring (bicyclic) bond motifs is 1. The summed E-state index contributed by atoms with van der Waals surface area (Å²) >= 11 is 0. The topological polar surface area (TPSA) is 44.5 Å². The predicted octanol–water partition coefficient (Wildman–Crippen LogP) is 2.44. The lowest BCUT2D eigenvalue weighted by Gasteiger charge is -2.28. The van der Waals surface area contributed by atoms with Crippen LogP contribution < -0.4 is 15.2 Å². The Bertz CT molecular complexity index is 426. The van der Waals surface area contributed by atoms with Crippen LogP contribution in [0.2, 0.25) is 0 Å². The van der Waals surface area contributed by atoms with E-state index >= 15 is 0 Å². The van der Waals surface area contributed by atoms with E-state index in [2.05, 4.69) is 6.07 Å². The minimum atomic E-state index is 0.110. The first-order valence-corrected chi connectivity index (χ1v) is 6.30. The Balaban J connectivity index is 1.86. The minimum Gasteiger partial charge on any atom is -0.497 e. The van der Waals surface area contributed by atoms with Crippen LogP contribution in [-0.4, -0.2) is 19.3 Å². The number of hydrogen-bond donors (Lipinski definition) is 1. The van der Waals surface area contributed by atoms with Crippen molar-refractivity contribution in [2.75, 3.05) is 13.7 Å². The molecular formula is C14H19NO2.